The molecule has 0 saturated heterocycles. The van der Waals surface area contributed by atoms with Gasteiger partial charge in [0.15, 0.2) is 0 Å². The van der Waals surface area contributed by atoms with Crippen molar-refractivity contribution in [2.75, 3.05) is 6.61 Å². The maximum absolute atomic E-state index is 9.24. The molecule has 0 aromatic heterocycles. The van der Waals surface area contributed by atoms with E-state index in [-0.39, 0.29) is 0 Å². The van der Waals surface area contributed by atoms with Gasteiger partial charge in [-0.25, -0.2) is 0 Å². The van der Waals surface area contributed by atoms with E-state index in [0.717, 1.165) is 29.9 Å². The number of hydrogen-bond donors (Lipinski definition) is 0. The summed E-state index contributed by atoms with van der Waals surface area (Å²) in [7, 11) is 0. The van der Waals surface area contributed by atoms with Crippen LogP contribution in [0.25, 0.3) is 11.1 Å². The van der Waals surface area contributed by atoms with Crippen molar-refractivity contribution in [2.24, 2.45) is 0 Å². The third-order valence-corrected chi connectivity index (χ3v) is 4.84. The molecule has 26 heavy (non-hydrogen) atoms. The van der Waals surface area contributed by atoms with Crippen molar-refractivity contribution >= 4 is 0 Å². The zero-order valence-corrected chi connectivity index (χ0v) is 16.4. The summed E-state index contributed by atoms with van der Waals surface area (Å²) in [5.74, 6) is 0.935. The molecule has 0 unspecified atom stereocenters. The number of ether oxygens (including phenoxy) is 1. The van der Waals surface area contributed by atoms with Crippen molar-refractivity contribution in [1.29, 1.82) is 5.26 Å². The summed E-state index contributed by atoms with van der Waals surface area (Å²) in [5.41, 5.74) is 2.91. The van der Waals surface area contributed by atoms with Crippen LogP contribution in [0.5, 0.6) is 5.75 Å². The zero-order valence-electron chi connectivity index (χ0n) is 16.4. The van der Waals surface area contributed by atoms with Crippen LogP contribution in [0, 0.1) is 11.3 Å². The van der Waals surface area contributed by atoms with Crippen molar-refractivity contribution in [3.63, 3.8) is 0 Å². The van der Waals surface area contributed by atoms with Crippen molar-refractivity contribution < 1.29 is 4.74 Å². The Morgan fingerprint density at radius 3 is 1.92 bits per heavy atom. The second-order valence-electron chi connectivity index (χ2n) is 7.45. The molecule has 0 atom stereocenters. The Labute approximate surface area is 158 Å². The number of rotatable bonds is 10. The van der Waals surface area contributed by atoms with Crippen LogP contribution in [-0.4, -0.2) is 6.61 Å². The van der Waals surface area contributed by atoms with Crippen LogP contribution >= 0.6 is 0 Å². The van der Waals surface area contributed by atoms with E-state index in [1.54, 1.807) is 0 Å². The first-order valence-electron chi connectivity index (χ1n) is 9.82. The highest BCUT2D eigenvalue weighted by molar-refractivity contribution is 5.64. The first-order valence-corrected chi connectivity index (χ1v) is 9.82. The van der Waals surface area contributed by atoms with Gasteiger partial charge >= 0.3 is 0 Å². The second kappa shape index (κ2) is 10.0. The highest BCUT2D eigenvalue weighted by atomic mass is 16.5. The summed E-state index contributed by atoms with van der Waals surface area (Å²) in [6.45, 7) is 6.92. The topological polar surface area (TPSA) is 33.0 Å². The van der Waals surface area contributed by atoms with Crippen molar-refractivity contribution in [3.8, 4) is 22.9 Å². The lowest BCUT2D eigenvalue weighted by Crippen LogP contribution is -2.13. The summed E-state index contributed by atoms with van der Waals surface area (Å²) in [4.78, 5) is 0. The van der Waals surface area contributed by atoms with E-state index in [4.69, 9.17) is 4.74 Å². The van der Waals surface area contributed by atoms with E-state index < -0.39 is 5.41 Å². The van der Waals surface area contributed by atoms with E-state index in [9.17, 15) is 5.26 Å². The Balaban J connectivity index is 1.84. The van der Waals surface area contributed by atoms with E-state index in [1.807, 2.05) is 38.1 Å². The Hall–Kier alpha value is -2.27. The smallest absolute Gasteiger partial charge is 0.119 e. The minimum Gasteiger partial charge on any atom is -0.494 e. The normalized spacial score (nSPS) is 11.2. The van der Waals surface area contributed by atoms with Crippen molar-refractivity contribution in [2.45, 2.75) is 64.7 Å². The average molecular weight is 350 g/mol. The summed E-state index contributed by atoms with van der Waals surface area (Å²) in [5, 5.41) is 9.24. The number of nitriles is 1. The van der Waals surface area contributed by atoms with Gasteiger partial charge in [-0.3, -0.25) is 0 Å². The van der Waals surface area contributed by atoms with Gasteiger partial charge in [0.25, 0.3) is 0 Å². The molecule has 0 bridgehead atoms. The van der Waals surface area contributed by atoms with Crippen LogP contribution in [0.2, 0.25) is 0 Å². The van der Waals surface area contributed by atoms with Crippen LogP contribution < -0.4 is 4.74 Å². The fourth-order valence-electron chi connectivity index (χ4n) is 2.96. The maximum Gasteiger partial charge on any atom is 0.119 e. The first-order chi connectivity index (χ1) is 12.6. The SMILES string of the molecule is CCCCCCCCOc1ccc(-c2ccc(C(C)(C)C#N)cc2)cc1. The zero-order chi connectivity index (χ0) is 18.8. The molecule has 0 aliphatic carbocycles. The maximum atomic E-state index is 9.24. The van der Waals surface area contributed by atoms with E-state index >= 15 is 0 Å². The summed E-state index contributed by atoms with van der Waals surface area (Å²) in [6.07, 6.45) is 7.67. The summed E-state index contributed by atoms with van der Waals surface area (Å²) in [6, 6.07) is 18.9. The van der Waals surface area contributed by atoms with Crippen LogP contribution in [-0.2, 0) is 5.41 Å². The molecule has 0 heterocycles. The average Bonchev–Trinajstić information content (AvgIpc) is 2.68. The molecule has 2 heteroatoms. The predicted octanol–water partition coefficient (Wildman–Crippen LogP) is 6.89. The Bertz CT molecular complexity index is 692. The molecule has 0 spiro atoms. The fourth-order valence-corrected chi connectivity index (χ4v) is 2.96. The molecule has 2 aromatic carbocycles. The van der Waals surface area contributed by atoms with Crippen molar-refractivity contribution in [3.05, 3.63) is 54.1 Å². The van der Waals surface area contributed by atoms with Gasteiger partial charge in [0.1, 0.15) is 5.75 Å². The Morgan fingerprint density at radius 2 is 1.35 bits per heavy atom. The molecule has 0 aliphatic heterocycles. The van der Waals surface area contributed by atoms with Crippen LogP contribution in [0.1, 0.15) is 64.9 Å². The lowest BCUT2D eigenvalue weighted by atomic mass is 9.85. The first kappa shape index (κ1) is 20.0. The van der Waals surface area contributed by atoms with Crippen LogP contribution in [0.4, 0.5) is 0 Å². The van der Waals surface area contributed by atoms with Gasteiger partial charge < -0.3 is 4.74 Å². The number of nitrogens with zero attached hydrogens (tertiary/aromatic N) is 1. The van der Waals surface area contributed by atoms with E-state index in [2.05, 4.69) is 37.3 Å². The van der Waals surface area contributed by atoms with Crippen molar-refractivity contribution in [1.82, 2.24) is 0 Å². The Morgan fingerprint density at radius 1 is 0.808 bits per heavy atom. The standard InChI is InChI=1S/C24H31NO/c1-4-5-6-7-8-9-18-26-23-16-12-21(13-17-23)20-10-14-22(15-11-20)24(2,3)19-25/h10-17H,4-9,18H2,1-3H3. The molecule has 2 rings (SSSR count). The number of hydrogen-bond acceptors (Lipinski definition) is 2. The molecular formula is C24H31NO. The van der Waals surface area contributed by atoms with Gasteiger partial charge in [-0.15, -0.1) is 0 Å². The van der Waals surface area contributed by atoms with Gasteiger partial charge in [-0.05, 0) is 49.1 Å². The number of unbranched alkanes of at least 4 members (excludes halogenated alkanes) is 5. The molecule has 0 aliphatic rings. The molecule has 0 fully saturated rings. The van der Waals surface area contributed by atoms with Gasteiger partial charge in [0, 0.05) is 0 Å². The fraction of sp³-hybridized carbons (Fsp3) is 0.458. The third-order valence-electron chi connectivity index (χ3n) is 4.84. The quantitative estimate of drug-likeness (QED) is 0.437. The Kier molecular flexibility index (Phi) is 7.73. The van der Waals surface area contributed by atoms with Gasteiger partial charge in [0.05, 0.1) is 18.1 Å². The molecule has 2 aromatic rings. The minimum atomic E-state index is -0.452. The third kappa shape index (κ3) is 5.92. The molecule has 0 N–H and O–H groups in total. The van der Waals surface area contributed by atoms with E-state index in [0.29, 0.717) is 0 Å². The molecule has 0 amide bonds. The molecule has 2 nitrogen and oxygen atoms in total. The summed E-state index contributed by atoms with van der Waals surface area (Å²) >= 11 is 0. The van der Waals surface area contributed by atoms with E-state index in [1.165, 1.54) is 37.7 Å². The molecule has 0 saturated carbocycles. The number of benzene rings is 2. The lowest BCUT2D eigenvalue weighted by Gasteiger charge is -2.16. The van der Waals surface area contributed by atoms with Gasteiger partial charge in [-0.2, -0.15) is 5.26 Å². The highest BCUT2D eigenvalue weighted by Gasteiger charge is 2.19. The molecule has 138 valence electrons. The minimum absolute atomic E-state index is 0.452. The lowest BCUT2D eigenvalue weighted by molar-refractivity contribution is 0.304. The second-order valence-corrected chi connectivity index (χ2v) is 7.45. The van der Waals surface area contributed by atoms with Crippen LogP contribution in [0.3, 0.4) is 0 Å². The van der Waals surface area contributed by atoms with Gasteiger partial charge in [-0.1, -0.05) is 75.4 Å². The largest absolute Gasteiger partial charge is 0.494 e. The van der Waals surface area contributed by atoms with Crippen LogP contribution in [0.15, 0.2) is 48.5 Å². The molecular weight excluding hydrogens is 318 g/mol. The summed E-state index contributed by atoms with van der Waals surface area (Å²) < 4.78 is 5.85. The predicted molar refractivity (Wildman–Crippen MR) is 109 cm³/mol. The van der Waals surface area contributed by atoms with Gasteiger partial charge in [0.2, 0.25) is 0 Å². The monoisotopic (exact) mass is 349 g/mol. The molecule has 0 radical (unpaired) electrons. The highest BCUT2D eigenvalue weighted by Crippen LogP contribution is 2.27.